The van der Waals surface area contributed by atoms with E-state index in [9.17, 15) is 4.79 Å². The molecule has 2 saturated heterocycles. The van der Waals surface area contributed by atoms with Crippen LogP contribution in [0.3, 0.4) is 0 Å². The lowest BCUT2D eigenvalue weighted by atomic mass is 10.0. The van der Waals surface area contributed by atoms with Gasteiger partial charge in [0.15, 0.2) is 24.0 Å². The first kappa shape index (κ1) is 12.9. The number of ether oxygens (including phenoxy) is 5. The second-order valence-corrected chi connectivity index (χ2v) is 4.61. The summed E-state index contributed by atoms with van der Waals surface area (Å²) in [6, 6.07) is 0. The van der Waals surface area contributed by atoms with Gasteiger partial charge in [-0.2, -0.15) is 0 Å². The summed E-state index contributed by atoms with van der Waals surface area (Å²) < 4.78 is 26.8. The highest BCUT2D eigenvalue weighted by molar-refractivity contribution is 5.89. The van der Waals surface area contributed by atoms with Gasteiger partial charge in [0.2, 0.25) is 0 Å². The van der Waals surface area contributed by atoms with Crippen LogP contribution >= 0.6 is 0 Å². The van der Waals surface area contributed by atoms with Crippen LogP contribution in [0.4, 0.5) is 0 Å². The fourth-order valence-electron chi connectivity index (χ4n) is 2.16. The number of Topliss-reactive ketones (excluding diaryl/α,β-unsaturated/α-hetero) is 1. The van der Waals surface area contributed by atoms with Crippen molar-refractivity contribution in [1.82, 2.24) is 0 Å². The molecule has 0 radical (unpaired) electrons. The average Bonchev–Trinajstić information content (AvgIpc) is 2.59. The number of fused-ring (bicyclic) bond motifs is 1. The summed E-state index contributed by atoms with van der Waals surface area (Å²) in [7, 11) is 3.02. The summed E-state index contributed by atoms with van der Waals surface area (Å²) in [6.45, 7) is 3.71. The molecule has 2 aliphatic heterocycles. The molecule has 98 valence electrons. The van der Waals surface area contributed by atoms with E-state index in [0.717, 1.165) is 0 Å². The van der Waals surface area contributed by atoms with E-state index in [-0.39, 0.29) is 12.4 Å². The molecule has 0 spiro atoms. The molecule has 0 bridgehead atoms. The second-order valence-electron chi connectivity index (χ2n) is 4.61. The monoisotopic (exact) mass is 246 g/mol. The molecule has 0 N–H and O–H groups in total. The van der Waals surface area contributed by atoms with E-state index in [2.05, 4.69) is 0 Å². The van der Waals surface area contributed by atoms with Crippen LogP contribution in [0.15, 0.2) is 0 Å². The first-order valence-corrected chi connectivity index (χ1v) is 5.55. The summed E-state index contributed by atoms with van der Waals surface area (Å²) in [5.74, 6) is -0.955. The number of carbonyl (C=O) groups is 1. The molecule has 0 aliphatic carbocycles. The van der Waals surface area contributed by atoms with E-state index >= 15 is 0 Å². The molecule has 17 heavy (non-hydrogen) atoms. The summed E-state index contributed by atoms with van der Waals surface area (Å²) in [6.07, 6.45) is -2.44. The van der Waals surface area contributed by atoms with Gasteiger partial charge in [-0.05, 0) is 13.8 Å². The van der Waals surface area contributed by atoms with E-state index in [0.29, 0.717) is 0 Å². The van der Waals surface area contributed by atoms with Gasteiger partial charge < -0.3 is 23.7 Å². The molecule has 2 fully saturated rings. The predicted molar refractivity (Wildman–Crippen MR) is 56.4 cm³/mol. The molecule has 6 heteroatoms. The van der Waals surface area contributed by atoms with Crippen molar-refractivity contribution in [3.8, 4) is 0 Å². The van der Waals surface area contributed by atoms with Crippen molar-refractivity contribution in [2.75, 3.05) is 20.8 Å². The highest BCUT2D eigenvalue weighted by atomic mass is 16.8. The molecule has 2 heterocycles. The molecule has 0 aromatic heterocycles. The molecule has 6 nitrogen and oxygen atoms in total. The normalized spacial score (nSPS) is 40.4. The van der Waals surface area contributed by atoms with Gasteiger partial charge in [0.25, 0.3) is 0 Å². The van der Waals surface area contributed by atoms with E-state index in [4.69, 9.17) is 23.7 Å². The van der Waals surface area contributed by atoms with Crippen molar-refractivity contribution < 1.29 is 28.5 Å². The zero-order chi connectivity index (χ0) is 12.6. The summed E-state index contributed by atoms with van der Waals surface area (Å²) in [4.78, 5) is 12.1. The van der Waals surface area contributed by atoms with E-state index < -0.39 is 30.4 Å². The average molecular weight is 246 g/mol. The Morgan fingerprint density at radius 2 is 2.00 bits per heavy atom. The quantitative estimate of drug-likeness (QED) is 0.703. The van der Waals surface area contributed by atoms with Gasteiger partial charge in [0.05, 0.1) is 6.61 Å². The number of methoxy groups -OCH3 is 2. The molecule has 0 aromatic carbocycles. The summed E-state index contributed by atoms with van der Waals surface area (Å²) in [5.41, 5.74) is 0. The van der Waals surface area contributed by atoms with Crippen LogP contribution in [0.2, 0.25) is 0 Å². The number of carbonyl (C=O) groups excluding carboxylic acids is 1. The number of hydrogen-bond acceptors (Lipinski definition) is 6. The van der Waals surface area contributed by atoms with E-state index in [1.807, 2.05) is 0 Å². The Morgan fingerprint density at radius 1 is 1.29 bits per heavy atom. The fourth-order valence-corrected chi connectivity index (χ4v) is 2.16. The van der Waals surface area contributed by atoms with Crippen LogP contribution in [0.25, 0.3) is 0 Å². The maximum absolute atomic E-state index is 12.1. The van der Waals surface area contributed by atoms with Gasteiger partial charge in [-0.25, -0.2) is 0 Å². The topological polar surface area (TPSA) is 63.2 Å². The van der Waals surface area contributed by atoms with Crippen molar-refractivity contribution in [3.05, 3.63) is 0 Å². The number of ketones is 1. The Balaban J connectivity index is 2.17. The summed E-state index contributed by atoms with van der Waals surface area (Å²) >= 11 is 0. The largest absolute Gasteiger partial charge is 0.382 e. The van der Waals surface area contributed by atoms with Gasteiger partial charge in [0.1, 0.15) is 12.2 Å². The molecule has 0 saturated carbocycles. The lowest BCUT2D eigenvalue weighted by Crippen LogP contribution is -2.55. The van der Waals surface area contributed by atoms with Gasteiger partial charge in [-0.3, -0.25) is 4.79 Å². The van der Waals surface area contributed by atoms with Crippen LogP contribution < -0.4 is 0 Å². The maximum atomic E-state index is 12.1. The Morgan fingerprint density at radius 3 is 2.59 bits per heavy atom. The first-order chi connectivity index (χ1) is 7.98. The fraction of sp³-hybridized carbons (Fsp3) is 0.909. The molecule has 0 amide bonds. The van der Waals surface area contributed by atoms with Crippen molar-refractivity contribution in [3.63, 3.8) is 0 Å². The number of rotatable bonds is 3. The van der Waals surface area contributed by atoms with Crippen molar-refractivity contribution >= 4 is 5.78 Å². The Kier molecular flexibility index (Phi) is 3.51. The van der Waals surface area contributed by atoms with Gasteiger partial charge in [0, 0.05) is 14.2 Å². The third kappa shape index (κ3) is 2.36. The minimum atomic E-state index is -0.799. The van der Waals surface area contributed by atoms with Crippen molar-refractivity contribution in [2.24, 2.45) is 0 Å². The highest BCUT2D eigenvalue weighted by Gasteiger charge is 2.55. The minimum Gasteiger partial charge on any atom is -0.382 e. The molecule has 0 unspecified atom stereocenters. The van der Waals surface area contributed by atoms with Crippen LogP contribution in [0.1, 0.15) is 13.8 Å². The Bertz CT molecular complexity index is 302. The Labute approximate surface area is 100 Å². The van der Waals surface area contributed by atoms with Crippen LogP contribution in [0.5, 0.6) is 0 Å². The molecular formula is C11H18O6. The van der Waals surface area contributed by atoms with Gasteiger partial charge >= 0.3 is 0 Å². The third-order valence-corrected chi connectivity index (χ3v) is 2.84. The lowest BCUT2D eigenvalue weighted by molar-refractivity contribution is -0.239. The smallest absolute Gasteiger partial charge is 0.195 e. The van der Waals surface area contributed by atoms with Crippen molar-refractivity contribution in [1.29, 1.82) is 0 Å². The third-order valence-electron chi connectivity index (χ3n) is 2.84. The van der Waals surface area contributed by atoms with Crippen molar-refractivity contribution in [2.45, 2.75) is 44.2 Å². The zero-order valence-electron chi connectivity index (χ0n) is 10.5. The minimum absolute atomic E-state index is 0.157. The lowest BCUT2D eigenvalue weighted by Gasteiger charge is -2.34. The first-order valence-electron chi connectivity index (χ1n) is 5.55. The van der Waals surface area contributed by atoms with Crippen LogP contribution in [-0.2, 0) is 28.5 Å². The predicted octanol–water partition coefficient (Wildman–Crippen LogP) is 0.0933. The van der Waals surface area contributed by atoms with Crippen LogP contribution in [-0.4, -0.2) is 57.0 Å². The van der Waals surface area contributed by atoms with E-state index in [1.54, 1.807) is 13.8 Å². The molecule has 2 rings (SSSR count). The Hall–Kier alpha value is -0.530. The van der Waals surface area contributed by atoms with E-state index in [1.165, 1.54) is 14.2 Å². The van der Waals surface area contributed by atoms with Gasteiger partial charge in [-0.15, -0.1) is 0 Å². The number of hydrogen-bond donors (Lipinski definition) is 0. The van der Waals surface area contributed by atoms with Crippen LogP contribution in [0, 0.1) is 0 Å². The standard InChI is InChI=1S/C11H18O6/c1-11(2)16-8-7(12)6(5-13-3)15-10(14-4)9(8)17-11/h6,8-10H,5H2,1-4H3/t6-,8+,9+,10+/m1/s1. The summed E-state index contributed by atoms with van der Waals surface area (Å²) in [5, 5.41) is 0. The molecule has 4 atom stereocenters. The highest BCUT2D eigenvalue weighted by Crippen LogP contribution is 2.35. The maximum Gasteiger partial charge on any atom is 0.195 e. The molecular weight excluding hydrogens is 228 g/mol. The van der Waals surface area contributed by atoms with Gasteiger partial charge in [-0.1, -0.05) is 0 Å². The molecule has 2 aliphatic rings. The SMILES string of the molecule is COC[C@H]1O[C@H](OC)[C@H]2OC(C)(C)O[C@H]2C1=O. The second kappa shape index (κ2) is 4.62. The molecule has 0 aromatic rings. The zero-order valence-corrected chi connectivity index (χ0v) is 10.5.